The van der Waals surface area contributed by atoms with E-state index in [0.717, 1.165) is 25.0 Å². The van der Waals surface area contributed by atoms with Crippen LogP contribution in [0.25, 0.3) is 11.2 Å². The van der Waals surface area contributed by atoms with Crippen molar-refractivity contribution >= 4 is 57.9 Å². The predicted molar refractivity (Wildman–Crippen MR) is 128 cm³/mol. The number of aromatic nitrogens is 4. The molecule has 2 heterocycles. The van der Waals surface area contributed by atoms with Gasteiger partial charge in [0.2, 0.25) is 17.8 Å². The zero-order chi connectivity index (χ0) is 24.1. The number of amides is 1. The number of nitrogens with two attached hydrogens (primary N) is 1. The summed E-state index contributed by atoms with van der Waals surface area (Å²) in [6.45, 7) is 3.73. The summed E-state index contributed by atoms with van der Waals surface area (Å²) < 4.78 is 15.5. The number of benzene rings is 1. The molecule has 0 saturated carbocycles. The van der Waals surface area contributed by atoms with Crippen molar-refractivity contribution in [3.05, 3.63) is 34.2 Å². The van der Waals surface area contributed by atoms with Crippen molar-refractivity contribution < 1.29 is 14.3 Å². The second kappa shape index (κ2) is 11.0. The summed E-state index contributed by atoms with van der Waals surface area (Å²) in [6, 6.07) is 1.87. The Bertz CT molecular complexity index is 1120. The maximum atomic E-state index is 13.7. The van der Waals surface area contributed by atoms with Gasteiger partial charge in [0.1, 0.15) is 11.3 Å². The number of nitrogens with one attached hydrogen (secondary N) is 2. The van der Waals surface area contributed by atoms with E-state index in [2.05, 4.69) is 25.6 Å². The van der Waals surface area contributed by atoms with Crippen LogP contribution >= 0.6 is 23.2 Å². The fourth-order valence-corrected chi connectivity index (χ4v) is 4.03. The Morgan fingerprint density at radius 1 is 1.27 bits per heavy atom. The molecule has 3 aromatic rings. The first kappa shape index (κ1) is 24.9. The van der Waals surface area contributed by atoms with Gasteiger partial charge in [-0.3, -0.25) is 9.36 Å². The van der Waals surface area contributed by atoms with Crippen LogP contribution in [0.3, 0.4) is 0 Å². The van der Waals surface area contributed by atoms with Crippen molar-refractivity contribution in [1.29, 1.82) is 0 Å². The minimum absolute atomic E-state index is 0.0907. The fourth-order valence-electron chi connectivity index (χ4n) is 3.48. The van der Waals surface area contributed by atoms with Crippen LogP contribution in [0, 0.1) is 5.82 Å². The van der Waals surface area contributed by atoms with Crippen LogP contribution < -0.4 is 16.4 Å². The summed E-state index contributed by atoms with van der Waals surface area (Å²) in [4.78, 5) is 25.0. The van der Waals surface area contributed by atoms with E-state index in [1.54, 1.807) is 13.1 Å². The van der Waals surface area contributed by atoms with Crippen molar-refractivity contribution in [3.8, 4) is 0 Å². The molecule has 12 heteroatoms. The van der Waals surface area contributed by atoms with Crippen LogP contribution in [0.15, 0.2) is 18.3 Å². The molecule has 5 N–H and O–H groups in total. The lowest BCUT2D eigenvalue weighted by Gasteiger charge is -2.21. The molecule has 0 saturated heterocycles. The van der Waals surface area contributed by atoms with Gasteiger partial charge in [-0.1, -0.05) is 36.5 Å². The van der Waals surface area contributed by atoms with E-state index >= 15 is 0 Å². The maximum absolute atomic E-state index is 13.7. The number of carbonyl (C=O) groups is 1. The van der Waals surface area contributed by atoms with E-state index < -0.39 is 11.7 Å². The van der Waals surface area contributed by atoms with Gasteiger partial charge in [-0.15, -0.1) is 0 Å². The molecular weight excluding hydrogens is 472 g/mol. The highest BCUT2D eigenvalue weighted by atomic mass is 35.5. The number of rotatable bonds is 11. The van der Waals surface area contributed by atoms with Crippen molar-refractivity contribution in [1.82, 2.24) is 19.5 Å². The summed E-state index contributed by atoms with van der Waals surface area (Å²) in [5.74, 6) is -0.285. The second-order valence-corrected chi connectivity index (χ2v) is 8.57. The Kier molecular flexibility index (Phi) is 8.28. The number of nitrogens with zero attached hydrogens (tertiary/aromatic N) is 4. The lowest BCUT2D eigenvalue weighted by atomic mass is 10.1. The average molecular weight is 498 g/mol. The van der Waals surface area contributed by atoms with Gasteiger partial charge in [-0.25, -0.2) is 14.4 Å². The number of hydrogen-bond acceptors (Lipinski definition) is 7. The first-order valence-corrected chi connectivity index (χ1v) is 11.3. The average Bonchev–Trinajstić information content (AvgIpc) is 3.10. The zero-order valence-corrected chi connectivity index (χ0v) is 19.8. The number of primary amides is 1. The Hall–Kier alpha value is -2.69. The standard InChI is InChI=1S/C21H26Cl2FN7O2/c1-3-4-13(5-6-17(25)33)31-19-16(9-26-20(30-19)27-11(2)10-32)28-21(31)29-18-14(22)7-12(24)8-15(18)23/h7-9,11,13,32H,3-6,10H2,1-2H3,(H2,25,33)(H,28,29)(H,26,27,30)/t11-,13-/m0/s1. The highest BCUT2D eigenvalue weighted by molar-refractivity contribution is 6.39. The van der Waals surface area contributed by atoms with Gasteiger partial charge < -0.3 is 21.5 Å². The molecule has 0 radical (unpaired) electrons. The zero-order valence-electron chi connectivity index (χ0n) is 18.3. The summed E-state index contributed by atoms with van der Waals surface area (Å²) >= 11 is 12.5. The summed E-state index contributed by atoms with van der Waals surface area (Å²) in [5.41, 5.74) is 6.70. The molecule has 0 aliphatic rings. The fraction of sp³-hybridized carbons (Fsp3) is 0.429. The highest BCUT2D eigenvalue weighted by Crippen LogP contribution is 2.36. The van der Waals surface area contributed by atoms with E-state index in [1.165, 1.54) is 0 Å². The number of aliphatic hydroxyl groups excluding tert-OH is 1. The number of hydrogen-bond donors (Lipinski definition) is 4. The molecule has 0 unspecified atom stereocenters. The molecule has 1 amide bonds. The van der Waals surface area contributed by atoms with E-state index in [1.807, 2.05) is 11.5 Å². The lowest BCUT2D eigenvalue weighted by molar-refractivity contribution is -0.118. The summed E-state index contributed by atoms with van der Waals surface area (Å²) in [5, 5.41) is 15.6. The van der Waals surface area contributed by atoms with Crippen LogP contribution in [0.4, 0.5) is 22.0 Å². The molecule has 178 valence electrons. The molecule has 1 aromatic carbocycles. The van der Waals surface area contributed by atoms with Crippen molar-refractivity contribution in [2.75, 3.05) is 17.2 Å². The normalized spacial score (nSPS) is 13.2. The molecule has 0 aliphatic heterocycles. The molecule has 0 fully saturated rings. The number of imidazole rings is 1. The third-order valence-corrected chi connectivity index (χ3v) is 5.63. The molecule has 2 aromatic heterocycles. The molecule has 0 aliphatic carbocycles. The van der Waals surface area contributed by atoms with Crippen LogP contribution in [0.2, 0.25) is 10.0 Å². The minimum Gasteiger partial charge on any atom is -0.394 e. The summed E-state index contributed by atoms with van der Waals surface area (Å²) in [6.07, 6.45) is 3.76. The number of carbonyl (C=O) groups excluding carboxylic acids is 1. The summed E-state index contributed by atoms with van der Waals surface area (Å²) in [7, 11) is 0. The van der Waals surface area contributed by atoms with Gasteiger partial charge in [-0.05, 0) is 31.9 Å². The van der Waals surface area contributed by atoms with Gasteiger partial charge >= 0.3 is 0 Å². The van der Waals surface area contributed by atoms with Crippen LogP contribution in [-0.4, -0.2) is 43.2 Å². The number of aliphatic hydroxyl groups is 1. The molecule has 0 bridgehead atoms. The predicted octanol–water partition coefficient (Wildman–Crippen LogP) is 4.42. The van der Waals surface area contributed by atoms with Gasteiger partial charge in [-0.2, -0.15) is 4.98 Å². The second-order valence-electron chi connectivity index (χ2n) is 7.75. The Morgan fingerprint density at radius 2 is 1.97 bits per heavy atom. The van der Waals surface area contributed by atoms with E-state index in [0.29, 0.717) is 35.2 Å². The lowest BCUT2D eigenvalue weighted by Crippen LogP contribution is -2.21. The number of anilines is 3. The smallest absolute Gasteiger partial charge is 0.225 e. The maximum Gasteiger partial charge on any atom is 0.225 e. The third kappa shape index (κ3) is 6.01. The van der Waals surface area contributed by atoms with Gasteiger partial charge in [0.05, 0.1) is 28.5 Å². The van der Waals surface area contributed by atoms with Crippen molar-refractivity contribution in [2.24, 2.45) is 5.73 Å². The molecule has 3 rings (SSSR count). The van der Waals surface area contributed by atoms with E-state index in [4.69, 9.17) is 28.9 Å². The quantitative estimate of drug-likeness (QED) is 0.308. The Balaban J connectivity index is 2.14. The Morgan fingerprint density at radius 3 is 2.58 bits per heavy atom. The minimum atomic E-state index is -0.561. The highest BCUT2D eigenvalue weighted by Gasteiger charge is 2.23. The molecule has 33 heavy (non-hydrogen) atoms. The topological polar surface area (TPSA) is 131 Å². The monoisotopic (exact) mass is 497 g/mol. The molecule has 2 atom stereocenters. The first-order valence-electron chi connectivity index (χ1n) is 10.6. The number of halogens is 3. The first-order chi connectivity index (χ1) is 15.7. The van der Waals surface area contributed by atoms with E-state index in [-0.39, 0.29) is 35.2 Å². The van der Waals surface area contributed by atoms with E-state index in [9.17, 15) is 14.3 Å². The van der Waals surface area contributed by atoms with Crippen LogP contribution in [0.5, 0.6) is 0 Å². The molecular formula is C21H26Cl2FN7O2. The van der Waals surface area contributed by atoms with Crippen LogP contribution in [-0.2, 0) is 4.79 Å². The third-order valence-electron chi connectivity index (χ3n) is 5.04. The molecule has 9 nitrogen and oxygen atoms in total. The number of fused-ring (bicyclic) bond motifs is 1. The van der Waals surface area contributed by atoms with Crippen molar-refractivity contribution in [2.45, 2.75) is 51.6 Å². The van der Waals surface area contributed by atoms with Gasteiger partial charge in [0, 0.05) is 18.5 Å². The van der Waals surface area contributed by atoms with Crippen molar-refractivity contribution in [3.63, 3.8) is 0 Å². The van der Waals surface area contributed by atoms with Gasteiger partial charge in [0.15, 0.2) is 5.65 Å². The Labute approximate surface area is 200 Å². The molecule has 0 spiro atoms. The van der Waals surface area contributed by atoms with Gasteiger partial charge in [0.25, 0.3) is 0 Å². The van der Waals surface area contributed by atoms with Crippen LogP contribution in [0.1, 0.15) is 45.6 Å². The SMILES string of the molecule is CCC[C@@H](CCC(N)=O)n1c(Nc2c(Cl)cc(F)cc2Cl)nc2cnc(N[C@@H](C)CO)nc21. The largest absolute Gasteiger partial charge is 0.394 e.